The summed E-state index contributed by atoms with van der Waals surface area (Å²) in [5.41, 5.74) is 0.356. The molecule has 138 valence electrons. The lowest BCUT2D eigenvalue weighted by atomic mass is 9.83. The normalized spacial score (nSPS) is 11.0. The predicted molar refractivity (Wildman–Crippen MR) is 95.7 cm³/mol. The average molecular weight is 359 g/mol. The van der Waals surface area contributed by atoms with Crippen molar-refractivity contribution in [3.63, 3.8) is 0 Å². The number of aliphatic carboxylic acids is 1. The summed E-state index contributed by atoms with van der Waals surface area (Å²) < 4.78 is 19.0. The minimum absolute atomic E-state index is 0.246. The van der Waals surface area contributed by atoms with Gasteiger partial charge in [-0.15, -0.1) is 0 Å². The number of hydrogen-bond donors (Lipinski definition) is 2. The van der Waals surface area contributed by atoms with Gasteiger partial charge >= 0.3 is 5.97 Å². The van der Waals surface area contributed by atoms with Crippen molar-refractivity contribution >= 4 is 11.9 Å². The topological polar surface area (TPSA) is 75.6 Å². The number of rotatable bonds is 8. The van der Waals surface area contributed by atoms with Gasteiger partial charge in [-0.1, -0.05) is 30.3 Å². The second-order valence-corrected chi connectivity index (χ2v) is 6.44. The minimum atomic E-state index is -1.03. The van der Waals surface area contributed by atoms with Crippen molar-refractivity contribution in [2.45, 2.75) is 25.7 Å². The SMILES string of the molecule is CC(C)(C(=O)NCCc1ccc(OCC(=O)O)cc1)c1ccccc1F. The van der Waals surface area contributed by atoms with Gasteiger partial charge < -0.3 is 15.2 Å². The maximum Gasteiger partial charge on any atom is 0.341 e. The van der Waals surface area contributed by atoms with Crippen LogP contribution < -0.4 is 10.1 Å². The van der Waals surface area contributed by atoms with E-state index in [2.05, 4.69) is 5.32 Å². The van der Waals surface area contributed by atoms with Gasteiger partial charge in [0.1, 0.15) is 11.6 Å². The van der Waals surface area contributed by atoms with Crippen molar-refractivity contribution in [1.82, 2.24) is 5.32 Å². The molecule has 0 radical (unpaired) electrons. The smallest absolute Gasteiger partial charge is 0.341 e. The lowest BCUT2D eigenvalue weighted by Crippen LogP contribution is -2.41. The Labute approximate surface area is 151 Å². The fourth-order valence-corrected chi connectivity index (χ4v) is 2.53. The molecule has 6 heteroatoms. The maximum absolute atomic E-state index is 14.0. The minimum Gasteiger partial charge on any atom is -0.482 e. The summed E-state index contributed by atoms with van der Waals surface area (Å²) in [5, 5.41) is 11.4. The third kappa shape index (κ3) is 5.05. The summed E-state index contributed by atoms with van der Waals surface area (Å²) >= 11 is 0. The first kappa shape index (κ1) is 19.4. The molecule has 2 aromatic carbocycles. The zero-order valence-corrected chi connectivity index (χ0v) is 14.8. The Kier molecular flexibility index (Phi) is 6.33. The number of carbonyl (C=O) groups excluding carboxylic acids is 1. The molecule has 5 nitrogen and oxygen atoms in total. The zero-order chi connectivity index (χ0) is 19.2. The molecule has 0 heterocycles. The van der Waals surface area contributed by atoms with Crippen LogP contribution in [0.15, 0.2) is 48.5 Å². The van der Waals surface area contributed by atoms with E-state index in [4.69, 9.17) is 9.84 Å². The fourth-order valence-electron chi connectivity index (χ4n) is 2.53. The second-order valence-electron chi connectivity index (χ2n) is 6.44. The highest BCUT2D eigenvalue weighted by atomic mass is 19.1. The number of hydrogen-bond acceptors (Lipinski definition) is 3. The van der Waals surface area contributed by atoms with Crippen LogP contribution in [0.1, 0.15) is 25.0 Å². The van der Waals surface area contributed by atoms with Crippen molar-refractivity contribution in [3.05, 3.63) is 65.5 Å². The van der Waals surface area contributed by atoms with E-state index in [1.807, 2.05) is 12.1 Å². The van der Waals surface area contributed by atoms with Gasteiger partial charge in [0.05, 0.1) is 5.41 Å². The Hall–Kier alpha value is -2.89. The lowest BCUT2D eigenvalue weighted by Gasteiger charge is -2.24. The highest BCUT2D eigenvalue weighted by Gasteiger charge is 2.31. The van der Waals surface area contributed by atoms with E-state index < -0.39 is 17.2 Å². The van der Waals surface area contributed by atoms with Gasteiger partial charge in [0.2, 0.25) is 5.91 Å². The average Bonchev–Trinajstić information content (AvgIpc) is 2.61. The summed E-state index contributed by atoms with van der Waals surface area (Å²) in [6.07, 6.45) is 0.596. The summed E-state index contributed by atoms with van der Waals surface area (Å²) in [4.78, 5) is 22.9. The molecule has 0 unspecified atom stereocenters. The first-order chi connectivity index (χ1) is 12.3. The molecule has 2 aromatic rings. The van der Waals surface area contributed by atoms with Crippen molar-refractivity contribution < 1.29 is 23.8 Å². The van der Waals surface area contributed by atoms with Crippen molar-refractivity contribution in [1.29, 1.82) is 0 Å². The molecule has 0 aliphatic heterocycles. The van der Waals surface area contributed by atoms with Crippen LogP contribution in [0.25, 0.3) is 0 Å². The van der Waals surface area contributed by atoms with E-state index in [0.29, 0.717) is 24.3 Å². The molecule has 0 bridgehead atoms. The van der Waals surface area contributed by atoms with Gasteiger partial charge in [-0.3, -0.25) is 4.79 Å². The molecular formula is C20H22FNO4. The Morgan fingerprint density at radius 1 is 1.12 bits per heavy atom. The van der Waals surface area contributed by atoms with Gasteiger partial charge in [0.25, 0.3) is 0 Å². The molecule has 1 amide bonds. The molecule has 26 heavy (non-hydrogen) atoms. The van der Waals surface area contributed by atoms with E-state index in [-0.39, 0.29) is 12.5 Å². The number of nitrogens with one attached hydrogen (secondary N) is 1. The molecule has 0 aromatic heterocycles. The molecule has 0 spiro atoms. The molecule has 2 N–H and O–H groups in total. The summed E-state index contributed by atoms with van der Waals surface area (Å²) in [6, 6.07) is 13.3. The molecule has 0 atom stereocenters. The van der Waals surface area contributed by atoms with Crippen LogP contribution >= 0.6 is 0 Å². The number of halogens is 1. The van der Waals surface area contributed by atoms with Crippen molar-refractivity contribution in [3.8, 4) is 5.75 Å². The third-order valence-electron chi connectivity index (χ3n) is 4.10. The summed E-state index contributed by atoms with van der Waals surface area (Å²) in [5.74, 6) is -1.20. The first-order valence-corrected chi connectivity index (χ1v) is 8.27. The van der Waals surface area contributed by atoms with Crippen LogP contribution in [0, 0.1) is 5.82 Å². The van der Waals surface area contributed by atoms with Crippen LogP contribution in [0.4, 0.5) is 4.39 Å². The number of carbonyl (C=O) groups is 2. The number of carboxylic acids is 1. The largest absolute Gasteiger partial charge is 0.482 e. The lowest BCUT2D eigenvalue weighted by molar-refractivity contribution is -0.139. The standard InChI is InChI=1S/C20H22FNO4/c1-20(2,16-5-3-4-6-17(16)21)19(25)22-12-11-14-7-9-15(10-8-14)26-13-18(23)24/h3-10H,11-13H2,1-2H3,(H,22,25)(H,23,24). The fraction of sp³-hybridized carbons (Fsp3) is 0.300. The monoisotopic (exact) mass is 359 g/mol. The summed E-state index contributed by atoms with van der Waals surface area (Å²) in [6.45, 7) is 3.40. The number of benzene rings is 2. The molecule has 2 rings (SSSR count). The number of carboxylic acid groups (broad SMARTS) is 1. The highest BCUT2D eigenvalue weighted by molar-refractivity contribution is 5.87. The van der Waals surface area contributed by atoms with E-state index in [9.17, 15) is 14.0 Å². The van der Waals surface area contributed by atoms with E-state index >= 15 is 0 Å². The Morgan fingerprint density at radius 2 is 1.77 bits per heavy atom. The van der Waals surface area contributed by atoms with E-state index in [0.717, 1.165) is 5.56 Å². The van der Waals surface area contributed by atoms with Gasteiger partial charge in [-0.2, -0.15) is 0 Å². The van der Waals surface area contributed by atoms with Gasteiger partial charge in [-0.25, -0.2) is 9.18 Å². The number of ether oxygens (including phenoxy) is 1. The van der Waals surface area contributed by atoms with Crippen molar-refractivity contribution in [2.75, 3.05) is 13.2 Å². The van der Waals surface area contributed by atoms with E-state index in [1.54, 1.807) is 44.2 Å². The van der Waals surface area contributed by atoms with Crippen LogP contribution in [-0.4, -0.2) is 30.1 Å². The van der Waals surface area contributed by atoms with Crippen LogP contribution in [0.2, 0.25) is 0 Å². The zero-order valence-electron chi connectivity index (χ0n) is 14.8. The quantitative estimate of drug-likeness (QED) is 0.760. The van der Waals surface area contributed by atoms with Crippen LogP contribution in [0.3, 0.4) is 0 Å². The highest BCUT2D eigenvalue weighted by Crippen LogP contribution is 2.25. The van der Waals surface area contributed by atoms with E-state index in [1.165, 1.54) is 6.07 Å². The van der Waals surface area contributed by atoms with Crippen molar-refractivity contribution in [2.24, 2.45) is 0 Å². The van der Waals surface area contributed by atoms with Gasteiger partial charge in [0.15, 0.2) is 6.61 Å². The summed E-state index contributed by atoms with van der Waals surface area (Å²) in [7, 11) is 0. The molecule has 0 fully saturated rings. The second kappa shape index (κ2) is 8.47. The number of amides is 1. The Bertz CT molecular complexity index is 772. The molecule has 0 aliphatic rings. The van der Waals surface area contributed by atoms with Crippen LogP contribution in [0.5, 0.6) is 5.75 Å². The Morgan fingerprint density at radius 3 is 2.38 bits per heavy atom. The van der Waals surface area contributed by atoms with Gasteiger partial charge in [-0.05, 0) is 44.0 Å². The molecule has 0 saturated carbocycles. The maximum atomic E-state index is 14.0. The molecule has 0 aliphatic carbocycles. The predicted octanol–water partition coefficient (Wildman–Crippen LogP) is 2.93. The first-order valence-electron chi connectivity index (χ1n) is 8.27. The molecule has 0 saturated heterocycles. The molecular weight excluding hydrogens is 337 g/mol. The van der Waals surface area contributed by atoms with Gasteiger partial charge in [0, 0.05) is 12.1 Å². The Balaban J connectivity index is 1.88. The third-order valence-corrected chi connectivity index (χ3v) is 4.10. The van der Waals surface area contributed by atoms with Crippen LogP contribution in [-0.2, 0) is 21.4 Å².